The Morgan fingerprint density at radius 2 is 2.22 bits per heavy atom. The van der Waals surface area contributed by atoms with Gasteiger partial charge >= 0.3 is 0 Å². The lowest BCUT2D eigenvalue weighted by atomic mass is 10.3. The van der Waals surface area contributed by atoms with Gasteiger partial charge in [0.2, 0.25) is 11.8 Å². The molecular formula is C16H14ClN3O2S. The third-order valence-corrected chi connectivity index (χ3v) is 4.32. The summed E-state index contributed by atoms with van der Waals surface area (Å²) in [5, 5.41) is 3.19. The minimum absolute atomic E-state index is 0.0202. The summed E-state index contributed by atoms with van der Waals surface area (Å²) in [5.74, 6) is 0.462. The van der Waals surface area contributed by atoms with Crippen molar-refractivity contribution in [3.05, 3.63) is 40.2 Å². The van der Waals surface area contributed by atoms with E-state index >= 15 is 0 Å². The molecule has 0 N–H and O–H groups in total. The quantitative estimate of drug-likeness (QED) is 0.698. The summed E-state index contributed by atoms with van der Waals surface area (Å²) in [7, 11) is 0. The molecule has 3 rings (SSSR count). The molecule has 23 heavy (non-hydrogen) atoms. The average molecular weight is 348 g/mol. The molecule has 0 saturated heterocycles. The maximum absolute atomic E-state index is 11.5. The molecule has 118 valence electrons. The number of rotatable bonds is 4. The highest BCUT2D eigenvalue weighted by Crippen LogP contribution is 2.23. The lowest BCUT2D eigenvalue weighted by Crippen LogP contribution is -2.27. The lowest BCUT2D eigenvalue weighted by Gasteiger charge is -2.14. The van der Waals surface area contributed by atoms with Crippen molar-refractivity contribution < 1.29 is 9.21 Å². The molecule has 0 atom stereocenters. The molecule has 0 aliphatic carbocycles. The van der Waals surface area contributed by atoms with Gasteiger partial charge in [-0.1, -0.05) is 11.6 Å². The summed E-state index contributed by atoms with van der Waals surface area (Å²) in [5.41, 5.74) is 2.15. The second kappa shape index (κ2) is 6.52. The molecule has 7 heteroatoms. The van der Waals surface area contributed by atoms with Gasteiger partial charge < -0.3 is 4.42 Å². The Morgan fingerprint density at radius 1 is 1.39 bits per heavy atom. The standard InChI is InChI=1S/C16H14ClN3O2S/c1-3-20(10(2)21)16-18-12(9-23-16)5-7-15-19-13-8-11(17)4-6-14(13)22-15/h4-9H,3H2,1-2H3/b7-5+. The summed E-state index contributed by atoms with van der Waals surface area (Å²) in [6.07, 6.45) is 3.55. The maximum atomic E-state index is 11.5. The number of thiazole rings is 1. The number of carbonyl (C=O) groups is 1. The zero-order valence-electron chi connectivity index (χ0n) is 12.6. The number of anilines is 1. The van der Waals surface area contributed by atoms with Crippen molar-refractivity contribution in [2.45, 2.75) is 13.8 Å². The maximum Gasteiger partial charge on any atom is 0.225 e. The van der Waals surface area contributed by atoms with Gasteiger partial charge in [-0.3, -0.25) is 9.69 Å². The molecule has 1 aromatic carbocycles. The largest absolute Gasteiger partial charge is 0.437 e. The van der Waals surface area contributed by atoms with E-state index in [0.29, 0.717) is 33.7 Å². The summed E-state index contributed by atoms with van der Waals surface area (Å²) in [4.78, 5) is 21.9. The number of aromatic nitrogens is 2. The van der Waals surface area contributed by atoms with Gasteiger partial charge in [0.15, 0.2) is 10.7 Å². The number of nitrogens with zero attached hydrogens (tertiary/aromatic N) is 3. The molecule has 0 aliphatic heterocycles. The number of hydrogen-bond acceptors (Lipinski definition) is 5. The van der Waals surface area contributed by atoms with Gasteiger partial charge in [0.1, 0.15) is 5.52 Å². The first-order chi connectivity index (χ1) is 11.1. The summed E-state index contributed by atoms with van der Waals surface area (Å²) < 4.78 is 5.61. The van der Waals surface area contributed by atoms with Gasteiger partial charge in [-0.25, -0.2) is 9.97 Å². The second-order valence-corrected chi connectivity index (χ2v) is 6.09. The van der Waals surface area contributed by atoms with E-state index in [1.165, 1.54) is 18.3 Å². The summed E-state index contributed by atoms with van der Waals surface area (Å²) in [6, 6.07) is 5.30. The number of hydrogen-bond donors (Lipinski definition) is 0. The SMILES string of the molecule is CCN(C(C)=O)c1nc(/C=C/c2nc3cc(Cl)ccc3o2)cs1. The minimum atomic E-state index is -0.0202. The van der Waals surface area contributed by atoms with E-state index in [1.54, 1.807) is 35.3 Å². The van der Waals surface area contributed by atoms with Gasteiger partial charge in [0, 0.05) is 29.9 Å². The zero-order valence-corrected chi connectivity index (χ0v) is 14.2. The summed E-state index contributed by atoms with van der Waals surface area (Å²) in [6.45, 7) is 4.05. The summed E-state index contributed by atoms with van der Waals surface area (Å²) >= 11 is 7.36. The molecule has 0 unspecified atom stereocenters. The molecule has 1 amide bonds. The van der Waals surface area contributed by atoms with Crippen LogP contribution in [0.5, 0.6) is 0 Å². The molecule has 3 aromatic rings. The van der Waals surface area contributed by atoms with Crippen molar-refractivity contribution in [1.29, 1.82) is 0 Å². The van der Waals surface area contributed by atoms with E-state index in [4.69, 9.17) is 16.0 Å². The number of benzene rings is 1. The van der Waals surface area contributed by atoms with Crippen LogP contribution in [0.1, 0.15) is 25.4 Å². The van der Waals surface area contributed by atoms with Gasteiger partial charge in [0.25, 0.3) is 0 Å². The highest BCUT2D eigenvalue weighted by atomic mass is 35.5. The fourth-order valence-corrected chi connectivity index (χ4v) is 3.18. The van der Waals surface area contributed by atoms with Crippen LogP contribution in [0.3, 0.4) is 0 Å². The van der Waals surface area contributed by atoms with E-state index in [-0.39, 0.29) is 5.91 Å². The molecule has 0 spiro atoms. The fourth-order valence-electron chi connectivity index (χ4n) is 2.12. The Kier molecular flexibility index (Phi) is 4.45. The van der Waals surface area contributed by atoms with Gasteiger partial charge in [-0.05, 0) is 31.2 Å². The Bertz CT molecular complexity index is 884. The van der Waals surface area contributed by atoms with Crippen LogP contribution in [0.4, 0.5) is 5.13 Å². The predicted molar refractivity (Wildman–Crippen MR) is 93.8 cm³/mol. The Balaban J connectivity index is 1.81. The smallest absolute Gasteiger partial charge is 0.225 e. The first-order valence-electron chi connectivity index (χ1n) is 7.04. The molecule has 0 radical (unpaired) electrons. The van der Waals surface area contributed by atoms with Crippen LogP contribution in [0.15, 0.2) is 28.0 Å². The van der Waals surface area contributed by atoms with Crippen molar-refractivity contribution in [2.75, 3.05) is 11.4 Å². The third kappa shape index (κ3) is 3.43. The van der Waals surface area contributed by atoms with Crippen molar-refractivity contribution in [1.82, 2.24) is 9.97 Å². The number of oxazole rings is 1. The van der Waals surface area contributed by atoms with Crippen molar-refractivity contribution >= 4 is 57.2 Å². The molecule has 5 nitrogen and oxygen atoms in total. The Labute approximate surface area is 142 Å². The van der Waals surface area contributed by atoms with Crippen LogP contribution in [0.2, 0.25) is 5.02 Å². The Morgan fingerprint density at radius 3 is 2.96 bits per heavy atom. The number of amides is 1. The minimum Gasteiger partial charge on any atom is -0.437 e. The van der Waals surface area contributed by atoms with Gasteiger partial charge in [0.05, 0.1) is 5.69 Å². The van der Waals surface area contributed by atoms with E-state index < -0.39 is 0 Å². The molecule has 0 bridgehead atoms. The molecular weight excluding hydrogens is 334 g/mol. The van der Waals surface area contributed by atoms with Crippen LogP contribution in [-0.2, 0) is 4.79 Å². The van der Waals surface area contributed by atoms with E-state index in [2.05, 4.69) is 9.97 Å². The van der Waals surface area contributed by atoms with Gasteiger partial charge in [-0.2, -0.15) is 0 Å². The van der Waals surface area contributed by atoms with Gasteiger partial charge in [-0.15, -0.1) is 11.3 Å². The highest BCUT2D eigenvalue weighted by Gasteiger charge is 2.12. The Hall–Kier alpha value is -2.18. The van der Waals surface area contributed by atoms with E-state index in [9.17, 15) is 4.79 Å². The van der Waals surface area contributed by atoms with Crippen LogP contribution < -0.4 is 4.90 Å². The topological polar surface area (TPSA) is 59.2 Å². The number of carbonyl (C=O) groups excluding carboxylic acids is 1. The zero-order chi connectivity index (χ0) is 16.4. The van der Waals surface area contributed by atoms with Crippen LogP contribution in [0, 0.1) is 0 Å². The van der Waals surface area contributed by atoms with Crippen LogP contribution >= 0.6 is 22.9 Å². The monoisotopic (exact) mass is 347 g/mol. The first kappa shape index (κ1) is 15.7. The molecule has 0 fully saturated rings. The highest BCUT2D eigenvalue weighted by molar-refractivity contribution is 7.14. The molecule has 2 aromatic heterocycles. The van der Waals surface area contributed by atoms with Crippen molar-refractivity contribution in [3.63, 3.8) is 0 Å². The molecule has 0 saturated carbocycles. The van der Waals surface area contributed by atoms with E-state index in [1.807, 2.05) is 12.3 Å². The van der Waals surface area contributed by atoms with Crippen molar-refractivity contribution in [3.8, 4) is 0 Å². The molecule has 2 heterocycles. The third-order valence-electron chi connectivity index (χ3n) is 3.20. The second-order valence-electron chi connectivity index (χ2n) is 4.82. The predicted octanol–water partition coefficient (Wildman–Crippen LogP) is 4.48. The van der Waals surface area contributed by atoms with Crippen LogP contribution in [-0.4, -0.2) is 22.4 Å². The average Bonchev–Trinajstić information content (AvgIpc) is 3.11. The van der Waals surface area contributed by atoms with E-state index in [0.717, 1.165) is 5.69 Å². The fraction of sp³-hybridized carbons (Fsp3) is 0.188. The number of fused-ring (bicyclic) bond motifs is 1. The first-order valence-corrected chi connectivity index (χ1v) is 8.30. The lowest BCUT2D eigenvalue weighted by molar-refractivity contribution is -0.116. The molecule has 0 aliphatic rings. The van der Waals surface area contributed by atoms with Crippen LogP contribution in [0.25, 0.3) is 23.3 Å². The van der Waals surface area contributed by atoms with Crippen molar-refractivity contribution in [2.24, 2.45) is 0 Å². The number of halogens is 1. The normalized spacial score (nSPS) is 11.4.